The molecule has 3 rings (SSSR count). The van der Waals surface area contributed by atoms with Crippen molar-refractivity contribution >= 4 is 36.0 Å². The molecule has 0 aliphatic carbocycles. The molecule has 1 fully saturated rings. The van der Waals surface area contributed by atoms with Crippen molar-refractivity contribution in [2.45, 2.75) is 31.7 Å². The number of fused-ring (bicyclic) bond motifs is 1. The van der Waals surface area contributed by atoms with Crippen molar-refractivity contribution in [1.29, 1.82) is 0 Å². The molecule has 0 bridgehead atoms. The van der Waals surface area contributed by atoms with Gasteiger partial charge in [-0.2, -0.15) is 0 Å². The van der Waals surface area contributed by atoms with Crippen molar-refractivity contribution in [2.75, 3.05) is 25.0 Å². The van der Waals surface area contributed by atoms with Crippen LogP contribution >= 0.6 is 0 Å². The average Bonchev–Trinajstić information content (AvgIpc) is 2.98. The Morgan fingerprint density at radius 2 is 1.86 bits per heavy atom. The summed E-state index contributed by atoms with van der Waals surface area (Å²) in [6.45, 7) is 1.41. The summed E-state index contributed by atoms with van der Waals surface area (Å²) < 4.78 is 0. The predicted octanol–water partition coefficient (Wildman–Crippen LogP) is 0.792. The van der Waals surface area contributed by atoms with Gasteiger partial charge in [-0.3, -0.25) is 19.3 Å². The van der Waals surface area contributed by atoms with Gasteiger partial charge in [-0.15, -0.1) is 0 Å². The lowest BCUT2D eigenvalue weighted by molar-refractivity contribution is -0.124. The minimum atomic E-state index is -1.02. The molecule has 1 aromatic rings. The van der Waals surface area contributed by atoms with Gasteiger partial charge in [-0.1, -0.05) is 0 Å². The number of piperidine rings is 1. The molecule has 8 heteroatoms. The number of hydrogen-bond acceptors (Lipinski definition) is 6. The van der Waals surface area contributed by atoms with Gasteiger partial charge in [-0.25, -0.2) is 0 Å². The molecular formula is C20H23N3O5. The number of benzene rings is 1. The average molecular weight is 385 g/mol. The molecule has 2 heterocycles. The van der Waals surface area contributed by atoms with Crippen LogP contribution in [-0.4, -0.2) is 61.4 Å². The summed E-state index contributed by atoms with van der Waals surface area (Å²) in [5.41, 5.74) is 1.34. The van der Waals surface area contributed by atoms with Crippen LogP contribution < -0.4 is 10.2 Å². The Morgan fingerprint density at radius 1 is 1.18 bits per heavy atom. The summed E-state index contributed by atoms with van der Waals surface area (Å²) in [4.78, 5) is 62.6. The summed E-state index contributed by atoms with van der Waals surface area (Å²) in [5, 5.41) is 2.45. The van der Waals surface area contributed by atoms with E-state index in [2.05, 4.69) is 10.2 Å². The highest BCUT2D eigenvalue weighted by Gasteiger charge is 2.42. The Kier molecular flexibility index (Phi) is 5.87. The van der Waals surface area contributed by atoms with Crippen molar-refractivity contribution in [2.24, 2.45) is 5.92 Å². The van der Waals surface area contributed by atoms with Gasteiger partial charge >= 0.3 is 0 Å². The zero-order valence-electron chi connectivity index (χ0n) is 15.7. The van der Waals surface area contributed by atoms with Crippen LogP contribution in [0.4, 0.5) is 5.69 Å². The molecule has 1 aromatic carbocycles. The number of aldehydes is 2. The topological polar surface area (TPSA) is 104 Å². The van der Waals surface area contributed by atoms with E-state index in [1.54, 1.807) is 18.2 Å². The highest BCUT2D eigenvalue weighted by molar-refractivity contribution is 6.23. The molecule has 3 amide bonds. The maximum Gasteiger partial charge on any atom is 0.262 e. The normalized spacial score (nSPS) is 18.0. The second kappa shape index (κ2) is 8.33. The third-order valence-corrected chi connectivity index (χ3v) is 5.42. The minimum Gasteiger partial charge on any atom is -0.371 e. The third kappa shape index (κ3) is 3.54. The van der Waals surface area contributed by atoms with Gasteiger partial charge in [0.05, 0.1) is 11.1 Å². The van der Waals surface area contributed by atoms with Crippen LogP contribution in [0.1, 0.15) is 46.4 Å². The van der Waals surface area contributed by atoms with Gasteiger partial charge in [0, 0.05) is 38.2 Å². The smallest absolute Gasteiger partial charge is 0.262 e. The number of hydrogen-bond donors (Lipinski definition) is 1. The van der Waals surface area contributed by atoms with Crippen LogP contribution in [0.3, 0.4) is 0 Å². The number of likely N-dealkylation sites (N-methyl/N-ethyl adjacent to an activating group) is 1. The first-order valence-corrected chi connectivity index (χ1v) is 9.39. The summed E-state index contributed by atoms with van der Waals surface area (Å²) in [6, 6.07) is 4.05. The maximum atomic E-state index is 12.9. The quantitative estimate of drug-likeness (QED) is 0.550. The molecule has 8 nitrogen and oxygen atoms in total. The van der Waals surface area contributed by atoms with Crippen LogP contribution in [-0.2, 0) is 14.4 Å². The second-order valence-electron chi connectivity index (χ2n) is 7.04. The van der Waals surface area contributed by atoms with Gasteiger partial charge in [0.1, 0.15) is 18.6 Å². The van der Waals surface area contributed by atoms with Crippen molar-refractivity contribution in [3.8, 4) is 0 Å². The minimum absolute atomic E-state index is 0.0653. The number of rotatable bonds is 7. The summed E-state index contributed by atoms with van der Waals surface area (Å²) in [5.74, 6) is -1.46. The fourth-order valence-corrected chi connectivity index (χ4v) is 3.79. The van der Waals surface area contributed by atoms with E-state index in [0.717, 1.165) is 29.7 Å². The fraction of sp³-hybridized carbons (Fsp3) is 0.450. The Labute approximate surface area is 162 Å². The van der Waals surface area contributed by atoms with E-state index < -0.39 is 23.8 Å². The lowest BCUT2D eigenvalue weighted by Crippen LogP contribution is -2.48. The number of nitrogens with one attached hydrogen (secondary N) is 1. The molecule has 0 radical (unpaired) electrons. The first-order chi connectivity index (χ1) is 13.5. The monoisotopic (exact) mass is 385 g/mol. The van der Waals surface area contributed by atoms with Crippen LogP contribution in [0.5, 0.6) is 0 Å². The Hall–Kier alpha value is -3.03. The first kappa shape index (κ1) is 19.7. The van der Waals surface area contributed by atoms with Crippen molar-refractivity contribution in [3.05, 3.63) is 29.3 Å². The number of anilines is 1. The predicted molar refractivity (Wildman–Crippen MR) is 101 cm³/mol. The summed E-state index contributed by atoms with van der Waals surface area (Å²) >= 11 is 0. The number of carbonyl (C=O) groups excluding carboxylic acids is 5. The van der Waals surface area contributed by atoms with E-state index in [-0.39, 0.29) is 29.9 Å². The zero-order valence-corrected chi connectivity index (χ0v) is 15.7. The molecule has 2 aliphatic heterocycles. The van der Waals surface area contributed by atoms with Crippen molar-refractivity contribution < 1.29 is 24.0 Å². The van der Waals surface area contributed by atoms with E-state index in [9.17, 15) is 24.0 Å². The fourth-order valence-electron chi connectivity index (χ4n) is 3.79. The Morgan fingerprint density at radius 3 is 2.46 bits per heavy atom. The lowest BCUT2D eigenvalue weighted by Gasteiger charge is -2.31. The highest BCUT2D eigenvalue weighted by atomic mass is 16.2. The Bertz CT molecular complexity index is 814. The Balaban J connectivity index is 1.85. The second-order valence-corrected chi connectivity index (χ2v) is 7.04. The maximum absolute atomic E-state index is 12.9. The molecule has 0 saturated carbocycles. The third-order valence-electron chi connectivity index (χ3n) is 5.42. The molecule has 0 spiro atoms. The van der Waals surface area contributed by atoms with Crippen molar-refractivity contribution in [1.82, 2.24) is 10.2 Å². The molecule has 28 heavy (non-hydrogen) atoms. The molecule has 1 atom stereocenters. The molecule has 1 N–H and O–H groups in total. The van der Waals surface area contributed by atoms with Gasteiger partial charge in [0.2, 0.25) is 5.91 Å². The van der Waals surface area contributed by atoms with Gasteiger partial charge < -0.3 is 19.8 Å². The van der Waals surface area contributed by atoms with Crippen LogP contribution in [0.2, 0.25) is 0 Å². The van der Waals surface area contributed by atoms with Gasteiger partial charge in [0.15, 0.2) is 0 Å². The van der Waals surface area contributed by atoms with E-state index in [0.29, 0.717) is 19.4 Å². The molecule has 1 unspecified atom stereocenters. The summed E-state index contributed by atoms with van der Waals surface area (Å²) in [7, 11) is 1.43. The molecule has 2 aliphatic rings. The largest absolute Gasteiger partial charge is 0.371 e. The zero-order chi connectivity index (χ0) is 20.3. The van der Waals surface area contributed by atoms with Crippen LogP contribution in [0, 0.1) is 5.92 Å². The first-order valence-electron chi connectivity index (χ1n) is 9.39. The molecule has 1 saturated heterocycles. The van der Waals surface area contributed by atoms with E-state index >= 15 is 0 Å². The van der Waals surface area contributed by atoms with Crippen molar-refractivity contribution in [3.63, 3.8) is 0 Å². The van der Waals surface area contributed by atoms with Gasteiger partial charge in [-0.05, 0) is 37.5 Å². The standard InChI is InChI=1S/C20H23N3O5/c1-21-18(26)17(3-2-10-24)23-19(27)15-5-4-14(11-16(15)20(23)28)22-8-6-13(12-25)7-9-22/h4-5,10-13,17H,2-3,6-9H2,1H3,(H,21,26). The summed E-state index contributed by atoms with van der Waals surface area (Å²) in [6.07, 6.45) is 3.31. The van der Waals surface area contributed by atoms with Gasteiger partial charge in [0.25, 0.3) is 11.8 Å². The highest BCUT2D eigenvalue weighted by Crippen LogP contribution is 2.31. The SMILES string of the molecule is CNC(=O)C(CCC=O)N1C(=O)c2ccc(N3CCC(C=O)CC3)cc2C1=O. The van der Waals surface area contributed by atoms with Crippen LogP contribution in [0.15, 0.2) is 18.2 Å². The number of carbonyl (C=O) groups is 5. The number of imide groups is 1. The molecule has 148 valence electrons. The van der Waals surface area contributed by atoms with Crippen LogP contribution in [0.25, 0.3) is 0 Å². The molecule has 0 aromatic heterocycles. The molecular weight excluding hydrogens is 362 g/mol. The number of amides is 3. The number of nitrogens with zero attached hydrogens (tertiary/aromatic N) is 2. The van der Waals surface area contributed by atoms with E-state index in [1.165, 1.54) is 7.05 Å². The van der Waals surface area contributed by atoms with E-state index in [1.807, 2.05) is 0 Å². The lowest BCUT2D eigenvalue weighted by atomic mass is 9.97. The van der Waals surface area contributed by atoms with E-state index in [4.69, 9.17) is 0 Å².